The Hall–Kier alpha value is -1.18. The third-order valence-corrected chi connectivity index (χ3v) is 1.41. The van der Waals surface area contributed by atoms with E-state index in [1.807, 2.05) is 13.0 Å². The molecular weight excluding hydrogens is 140 g/mol. The Morgan fingerprint density at radius 2 is 1.91 bits per heavy atom. The summed E-state index contributed by atoms with van der Waals surface area (Å²) >= 11 is 0. The molecule has 1 radical (unpaired) electrons. The molecule has 1 rings (SSSR count). The van der Waals surface area contributed by atoms with Crippen LogP contribution in [0.1, 0.15) is 5.56 Å². The highest BCUT2D eigenvalue weighted by molar-refractivity contribution is 5.36. The van der Waals surface area contributed by atoms with Crippen molar-refractivity contribution in [1.29, 1.82) is 0 Å². The zero-order valence-electron chi connectivity index (χ0n) is 6.97. The number of hydrogen-bond donors (Lipinski definition) is 0. The molecule has 0 fully saturated rings. The van der Waals surface area contributed by atoms with Gasteiger partial charge in [-0.25, -0.2) is 0 Å². The van der Waals surface area contributed by atoms with E-state index in [2.05, 4.69) is 6.07 Å². The molecule has 0 amide bonds. The van der Waals surface area contributed by atoms with Crippen LogP contribution in [0, 0.1) is 13.0 Å². The molecule has 0 aromatic heterocycles. The van der Waals surface area contributed by atoms with Crippen molar-refractivity contribution in [3.05, 3.63) is 23.8 Å². The maximum absolute atomic E-state index is 5.04. The van der Waals surface area contributed by atoms with Gasteiger partial charge >= 0.3 is 0 Å². The minimum atomic E-state index is 0.710. The first-order chi connectivity index (χ1) is 5.26. The molecule has 0 atom stereocenters. The fourth-order valence-corrected chi connectivity index (χ4v) is 0.879. The van der Waals surface area contributed by atoms with Gasteiger partial charge in [-0.05, 0) is 18.6 Å². The fraction of sp³-hybridized carbons (Fsp3) is 0.333. The van der Waals surface area contributed by atoms with Crippen molar-refractivity contribution in [3.63, 3.8) is 0 Å². The largest absolute Gasteiger partial charge is 0.497 e. The van der Waals surface area contributed by atoms with Gasteiger partial charge in [0.15, 0.2) is 0 Å². The van der Waals surface area contributed by atoms with Gasteiger partial charge < -0.3 is 9.47 Å². The highest BCUT2D eigenvalue weighted by Crippen LogP contribution is 2.20. The summed E-state index contributed by atoms with van der Waals surface area (Å²) in [5.41, 5.74) is 1.02. The van der Waals surface area contributed by atoms with Crippen LogP contribution in [-0.4, -0.2) is 14.2 Å². The van der Waals surface area contributed by atoms with Crippen LogP contribution in [0.2, 0.25) is 0 Å². The molecule has 0 aliphatic heterocycles. The monoisotopic (exact) mass is 151 g/mol. The van der Waals surface area contributed by atoms with E-state index in [1.54, 1.807) is 20.3 Å². The molecule has 0 aliphatic rings. The highest BCUT2D eigenvalue weighted by Gasteiger charge is 1.97. The third-order valence-electron chi connectivity index (χ3n) is 1.41. The van der Waals surface area contributed by atoms with Crippen LogP contribution in [0.4, 0.5) is 0 Å². The summed E-state index contributed by atoms with van der Waals surface area (Å²) in [4.78, 5) is 0. The standard InChI is InChI=1S/C9H11O2/c1-7-4-8(10-2)6-9(5-7)11-3/h4,6H,1-3H3. The molecule has 59 valence electrons. The van der Waals surface area contributed by atoms with Crippen LogP contribution in [-0.2, 0) is 0 Å². The van der Waals surface area contributed by atoms with Gasteiger partial charge in [0.2, 0.25) is 0 Å². The first kappa shape index (κ1) is 7.92. The summed E-state index contributed by atoms with van der Waals surface area (Å²) in [7, 11) is 3.25. The SMILES string of the molecule is COc1[c]c(C)cc(OC)c1. The molecule has 0 bridgehead atoms. The van der Waals surface area contributed by atoms with E-state index in [1.165, 1.54) is 0 Å². The van der Waals surface area contributed by atoms with Crippen LogP contribution < -0.4 is 9.47 Å². The second kappa shape index (κ2) is 3.28. The minimum absolute atomic E-state index is 0.710. The van der Waals surface area contributed by atoms with Crippen molar-refractivity contribution in [2.24, 2.45) is 0 Å². The van der Waals surface area contributed by atoms with Crippen molar-refractivity contribution in [1.82, 2.24) is 0 Å². The molecule has 2 nitrogen and oxygen atoms in total. The topological polar surface area (TPSA) is 18.5 Å². The van der Waals surface area contributed by atoms with E-state index in [0.717, 1.165) is 11.3 Å². The summed E-state index contributed by atoms with van der Waals surface area (Å²) in [6.45, 7) is 1.95. The fourth-order valence-electron chi connectivity index (χ4n) is 0.879. The van der Waals surface area contributed by atoms with Crippen molar-refractivity contribution in [2.75, 3.05) is 14.2 Å². The average molecular weight is 151 g/mol. The van der Waals surface area contributed by atoms with Crippen molar-refractivity contribution in [3.8, 4) is 11.5 Å². The predicted octanol–water partition coefficient (Wildman–Crippen LogP) is 1.81. The Labute approximate surface area is 66.8 Å². The molecule has 1 aromatic rings. The number of ether oxygens (including phenoxy) is 2. The van der Waals surface area contributed by atoms with Gasteiger partial charge in [0, 0.05) is 12.1 Å². The second-order valence-electron chi connectivity index (χ2n) is 2.27. The number of aryl methyl sites for hydroxylation is 1. The quantitative estimate of drug-likeness (QED) is 0.641. The van der Waals surface area contributed by atoms with Crippen LogP contribution >= 0.6 is 0 Å². The Kier molecular flexibility index (Phi) is 2.36. The van der Waals surface area contributed by atoms with Gasteiger partial charge in [0.1, 0.15) is 11.5 Å². The summed E-state index contributed by atoms with van der Waals surface area (Å²) in [5, 5.41) is 0. The lowest BCUT2D eigenvalue weighted by molar-refractivity contribution is 0.393. The Balaban J connectivity index is 3.02. The predicted molar refractivity (Wildman–Crippen MR) is 43.1 cm³/mol. The first-order valence-electron chi connectivity index (χ1n) is 3.38. The van der Waals surface area contributed by atoms with Crippen LogP contribution in [0.25, 0.3) is 0 Å². The molecule has 0 N–H and O–H groups in total. The summed E-state index contributed by atoms with van der Waals surface area (Å²) < 4.78 is 10.0. The number of methoxy groups -OCH3 is 2. The van der Waals surface area contributed by atoms with Crippen LogP contribution in [0.3, 0.4) is 0 Å². The normalized spacial score (nSPS) is 9.36. The summed E-state index contributed by atoms with van der Waals surface area (Å²) in [6, 6.07) is 6.73. The van der Waals surface area contributed by atoms with Gasteiger partial charge in [-0.1, -0.05) is 0 Å². The van der Waals surface area contributed by atoms with Crippen LogP contribution in [0.15, 0.2) is 12.1 Å². The number of benzene rings is 1. The highest BCUT2D eigenvalue weighted by atomic mass is 16.5. The van der Waals surface area contributed by atoms with Crippen molar-refractivity contribution >= 4 is 0 Å². The molecule has 0 aliphatic carbocycles. The lowest BCUT2D eigenvalue weighted by Gasteiger charge is -2.03. The summed E-state index contributed by atoms with van der Waals surface area (Å²) in [6.07, 6.45) is 0. The Bertz CT molecular complexity index is 221. The molecule has 0 unspecified atom stereocenters. The zero-order chi connectivity index (χ0) is 8.27. The molecule has 11 heavy (non-hydrogen) atoms. The molecule has 0 saturated carbocycles. The lowest BCUT2D eigenvalue weighted by Crippen LogP contribution is -1.88. The summed E-state index contributed by atoms with van der Waals surface area (Å²) in [5.74, 6) is 1.51. The minimum Gasteiger partial charge on any atom is -0.497 e. The van der Waals surface area contributed by atoms with E-state index in [0.29, 0.717) is 5.75 Å². The Morgan fingerprint density at radius 3 is 2.45 bits per heavy atom. The van der Waals surface area contributed by atoms with E-state index >= 15 is 0 Å². The van der Waals surface area contributed by atoms with Gasteiger partial charge in [0.05, 0.1) is 14.2 Å². The molecule has 0 saturated heterocycles. The lowest BCUT2D eigenvalue weighted by atomic mass is 10.2. The van der Waals surface area contributed by atoms with E-state index < -0.39 is 0 Å². The van der Waals surface area contributed by atoms with Crippen molar-refractivity contribution < 1.29 is 9.47 Å². The molecule has 1 aromatic carbocycles. The van der Waals surface area contributed by atoms with Gasteiger partial charge in [-0.3, -0.25) is 0 Å². The number of hydrogen-bond acceptors (Lipinski definition) is 2. The molecule has 0 heterocycles. The third kappa shape index (κ3) is 1.87. The maximum Gasteiger partial charge on any atom is 0.130 e. The molecule has 2 heteroatoms. The van der Waals surface area contributed by atoms with E-state index in [9.17, 15) is 0 Å². The average Bonchev–Trinajstić information content (AvgIpc) is 2.03. The van der Waals surface area contributed by atoms with E-state index in [-0.39, 0.29) is 0 Å². The van der Waals surface area contributed by atoms with Crippen LogP contribution in [0.5, 0.6) is 11.5 Å². The smallest absolute Gasteiger partial charge is 0.130 e. The number of rotatable bonds is 2. The van der Waals surface area contributed by atoms with Crippen molar-refractivity contribution in [2.45, 2.75) is 6.92 Å². The molecular formula is C9H11O2. The zero-order valence-corrected chi connectivity index (χ0v) is 6.97. The van der Waals surface area contributed by atoms with E-state index in [4.69, 9.17) is 9.47 Å². The van der Waals surface area contributed by atoms with Gasteiger partial charge in [0.25, 0.3) is 0 Å². The molecule has 0 spiro atoms. The second-order valence-corrected chi connectivity index (χ2v) is 2.27. The van der Waals surface area contributed by atoms with Gasteiger partial charge in [-0.2, -0.15) is 0 Å². The first-order valence-corrected chi connectivity index (χ1v) is 3.38. The van der Waals surface area contributed by atoms with Gasteiger partial charge in [-0.15, -0.1) is 0 Å². The maximum atomic E-state index is 5.04. The Morgan fingerprint density at radius 1 is 1.18 bits per heavy atom.